The van der Waals surface area contributed by atoms with Gasteiger partial charge in [0.2, 0.25) is 0 Å². The van der Waals surface area contributed by atoms with Gasteiger partial charge in [-0.15, -0.1) is 0 Å². The van der Waals surface area contributed by atoms with E-state index in [1.54, 1.807) is 0 Å². The van der Waals surface area contributed by atoms with Gasteiger partial charge in [-0.25, -0.2) is 0 Å². The Hall–Kier alpha value is -1.54. The second-order valence-electron chi connectivity index (χ2n) is 4.95. The highest BCUT2D eigenvalue weighted by Gasteiger charge is 2.21. The highest BCUT2D eigenvalue weighted by molar-refractivity contribution is 5.66. The topological polar surface area (TPSA) is 41.8 Å². The zero-order valence-electron chi connectivity index (χ0n) is 10.2. The van der Waals surface area contributed by atoms with Crippen molar-refractivity contribution in [2.45, 2.75) is 32.2 Å². The summed E-state index contributed by atoms with van der Waals surface area (Å²) in [5.74, 6) is 0. The van der Waals surface area contributed by atoms with E-state index in [0.29, 0.717) is 6.04 Å². The maximum absolute atomic E-state index is 6.03. The molecule has 0 fully saturated rings. The Morgan fingerprint density at radius 1 is 1.24 bits per heavy atom. The van der Waals surface area contributed by atoms with E-state index in [2.05, 4.69) is 42.2 Å². The standard InChI is InChI=1S/C15H18N2/c1-10-13-8-7-12(16)9-14(13)17-15(10)11-5-3-2-4-6-11/h2-6,12,17H,7-9,16H2,1H3. The number of nitrogens with two attached hydrogens (primary N) is 1. The lowest BCUT2D eigenvalue weighted by Gasteiger charge is -2.18. The van der Waals surface area contributed by atoms with Crippen molar-refractivity contribution in [1.82, 2.24) is 4.98 Å². The summed E-state index contributed by atoms with van der Waals surface area (Å²) >= 11 is 0. The van der Waals surface area contributed by atoms with Crippen LogP contribution in [0.4, 0.5) is 0 Å². The van der Waals surface area contributed by atoms with Crippen molar-refractivity contribution < 1.29 is 0 Å². The van der Waals surface area contributed by atoms with Crippen LogP contribution >= 0.6 is 0 Å². The second-order valence-corrected chi connectivity index (χ2v) is 4.95. The molecule has 1 atom stereocenters. The largest absolute Gasteiger partial charge is 0.358 e. The van der Waals surface area contributed by atoms with Gasteiger partial charge in [0.05, 0.1) is 0 Å². The molecule has 0 radical (unpaired) electrons. The Balaban J connectivity index is 2.08. The van der Waals surface area contributed by atoms with Crippen molar-refractivity contribution in [3.05, 3.63) is 47.2 Å². The van der Waals surface area contributed by atoms with E-state index in [1.807, 2.05) is 0 Å². The zero-order chi connectivity index (χ0) is 11.8. The maximum Gasteiger partial charge on any atom is 0.0488 e. The van der Waals surface area contributed by atoms with Crippen LogP contribution in [0.2, 0.25) is 0 Å². The SMILES string of the molecule is Cc1c(-c2ccccc2)[nH]c2c1CCC(N)C2. The molecule has 2 aromatic rings. The third-order valence-corrected chi connectivity index (χ3v) is 3.76. The molecular formula is C15H18N2. The van der Waals surface area contributed by atoms with Crippen LogP contribution in [0.3, 0.4) is 0 Å². The van der Waals surface area contributed by atoms with Gasteiger partial charge in [-0.05, 0) is 36.5 Å². The number of benzene rings is 1. The molecule has 0 spiro atoms. The molecular weight excluding hydrogens is 208 g/mol. The van der Waals surface area contributed by atoms with Crippen molar-refractivity contribution >= 4 is 0 Å². The summed E-state index contributed by atoms with van der Waals surface area (Å²) in [6.07, 6.45) is 3.22. The van der Waals surface area contributed by atoms with Crippen LogP contribution in [-0.4, -0.2) is 11.0 Å². The van der Waals surface area contributed by atoms with Crippen LogP contribution in [0.5, 0.6) is 0 Å². The predicted octanol–water partition coefficient (Wildman–Crippen LogP) is 2.81. The highest BCUT2D eigenvalue weighted by atomic mass is 14.8. The summed E-state index contributed by atoms with van der Waals surface area (Å²) in [5.41, 5.74) is 12.8. The molecule has 0 saturated carbocycles. The van der Waals surface area contributed by atoms with E-state index in [0.717, 1.165) is 19.3 Å². The average molecular weight is 226 g/mol. The fourth-order valence-corrected chi connectivity index (χ4v) is 2.80. The lowest BCUT2D eigenvalue weighted by atomic mass is 9.91. The third kappa shape index (κ3) is 1.79. The Morgan fingerprint density at radius 2 is 2.00 bits per heavy atom. The molecule has 1 unspecified atom stereocenters. The average Bonchev–Trinajstić information content (AvgIpc) is 2.67. The number of rotatable bonds is 1. The number of H-pyrrole nitrogens is 1. The Morgan fingerprint density at radius 3 is 2.76 bits per heavy atom. The fourth-order valence-electron chi connectivity index (χ4n) is 2.80. The van der Waals surface area contributed by atoms with Gasteiger partial charge in [-0.1, -0.05) is 30.3 Å². The first kappa shape index (κ1) is 10.6. The molecule has 88 valence electrons. The Bertz CT molecular complexity index is 525. The summed E-state index contributed by atoms with van der Waals surface area (Å²) in [6.45, 7) is 2.22. The first-order valence-corrected chi connectivity index (χ1v) is 6.27. The summed E-state index contributed by atoms with van der Waals surface area (Å²) in [4.78, 5) is 3.57. The first-order chi connectivity index (χ1) is 8.25. The molecule has 1 heterocycles. The van der Waals surface area contributed by atoms with E-state index in [9.17, 15) is 0 Å². The lowest BCUT2D eigenvalue weighted by Crippen LogP contribution is -2.27. The van der Waals surface area contributed by atoms with Crippen LogP contribution in [0, 0.1) is 6.92 Å². The number of hydrogen-bond acceptors (Lipinski definition) is 1. The maximum atomic E-state index is 6.03. The minimum absolute atomic E-state index is 0.323. The molecule has 0 amide bonds. The minimum atomic E-state index is 0.323. The fraction of sp³-hybridized carbons (Fsp3) is 0.333. The molecule has 0 aliphatic heterocycles. The highest BCUT2D eigenvalue weighted by Crippen LogP contribution is 2.31. The van der Waals surface area contributed by atoms with Crippen molar-refractivity contribution in [1.29, 1.82) is 0 Å². The predicted molar refractivity (Wildman–Crippen MR) is 71.0 cm³/mol. The number of aromatic nitrogens is 1. The second kappa shape index (κ2) is 4.04. The summed E-state index contributed by atoms with van der Waals surface area (Å²) in [7, 11) is 0. The third-order valence-electron chi connectivity index (χ3n) is 3.76. The van der Waals surface area contributed by atoms with Crippen LogP contribution in [0.25, 0.3) is 11.3 Å². The number of aromatic amines is 1. The Labute approximate surface area is 102 Å². The number of fused-ring (bicyclic) bond motifs is 1. The molecule has 17 heavy (non-hydrogen) atoms. The molecule has 3 N–H and O–H groups in total. The van der Waals surface area contributed by atoms with Crippen molar-refractivity contribution in [3.63, 3.8) is 0 Å². The molecule has 2 nitrogen and oxygen atoms in total. The molecule has 0 bridgehead atoms. The van der Waals surface area contributed by atoms with E-state index in [1.165, 1.54) is 28.1 Å². The van der Waals surface area contributed by atoms with Gasteiger partial charge < -0.3 is 10.7 Å². The van der Waals surface area contributed by atoms with E-state index in [-0.39, 0.29) is 0 Å². The first-order valence-electron chi connectivity index (χ1n) is 6.27. The zero-order valence-corrected chi connectivity index (χ0v) is 10.2. The number of hydrogen-bond donors (Lipinski definition) is 2. The minimum Gasteiger partial charge on any atom is -0.358 e. The molecule has 3 rings (SSSR count). The van der Waals surface area contributed by atoms with Crippen LogP contribution in [0.1, 0.15) is 23.2 Å². The molecule has 1 aromatic carbocycles. The van der Waals surface area contributed by atoms with Gasteiger partial charge in [0.1, 0.15) is 0 Å². The molecule has 2 heteroatoms. The summed E-state index contributed by atoms with van der Waals surface area (Å²) < 4.78 is 0. The van der Waals surface area contributed by atoms with Crippen LogP contribution < -0.4 is 5.73 Å². The normalized spacial score (nSPS) is 19.1. The molecule has 1 aliphatic rings. The Kier molecular flexibility index (Phi) is 2.52. The van der Waals surface area contributed by atoms with Crippen molar-refractivity contribution in [2.75, 3.05) is 0 Å². The van der Waals surface area contributed by atoms with Crippen LogP contribution in [0.15, 0.2) is 30.3 Å². The van der Waals surface area contributed by atoms with Gasteiger partial charge in [0, 0.05) is 23.9 Å². The van der Waals surface area contributed by atoms with Gasteiger partial charge in [0.25, 0.3) is 0 Å². The van der Waals surface area contributed by atoms with Gasteiger partial charge in [-0.2, -0.15) is 0 Å². The molecule has 1 aromatic heterocycles. The van der Waals surface area contributed by atoms with Gasteiger partial charge in [0.15, 0.2) is 0 Å². The van der Waals surface area contributed by atoms with E-state index < -0.39 is 0 Å². The van der Waals surface area contributed by atoms with Gasteiger partial charge in [-0.3, -0.25) is 0 Å². The lowest BCUT2D eigenvalue weighted by molar-refractivity contribution is 0.569. The van der Waals surface area contributed by atoms with E-state index in [4.69, 9.17) is 5.73 Å². The van der Waals surface area contributed by atoms with Crippen LogP contribution in [-0.2, 0) is 12.8 Å². The monoisotopic (exact) mass is 226 g/mol. The van der Waals surface area contributed by atoms with Crippen molar-refractivity contribution in [2.24, 2.45) is 5.73 Å². The van der Waals surface area contributed by atoms with E-state index >= 15 is 0 Å². The summed E-state index contributed by atoms with van der Waals surface area (Å²) in [5, 5.41) is 0. The number of nitrogens with one attached hydrogen (secondary N) is 1. The summed E-state index contributed by atoms with van der Waals surface area (Å²) in [6, 6.07) is 10.9. The molecule has 0 saturated heterocycles. The molecule has 1 aliphatic carbocycles. The smallest absolute Gasteiger partial charge is 0.0488 e. The van der Waals surface area contributed by atoms with Gasteiger partial charge >= 0.3 is 0 Å². The van der Waals surface area contributed by atoms with Crippen molar-refractivity contribution in [3.8, 4) is 11.3 Å². The quantitative estimate of drug-likeness (QED) is 0.771.